The summed E-state index contributed by atoms with van der Waals surface area (Å²) in [5, 5.41) is 0. The number of anilines is 3. The highest BCUT2D eigenvalue weighted by Gasteiger charge is 2.42. The van der Waals surface area contributed by atoms with Gasteiger partial charge in [0, 0.05) is 45.4 Å². The topological polar surface area (TPSA) is 21.7 Å². The van der Waals surface area contributed by atoms with Crippen LogP contribution < -0.4 is 30.8 Å². The Kier molecular flexibility index (Phi) is 3.48. The van der Waals surface area contributed by atoms with E-state index in [-0.39, 0.29) is 62.6 Å². The number of nitrogens with zero attached hydrogens (tertiary/aromatic N) is 1. The summed E-state index contributed by atoms with van der Waals surface area (Å²) < 4.78 is 244. The third-order valence-electron chi connectivity index (χ3n) is 8.42. The lowest BCUT2D eigenvalue weighted by Crippen LogP contribution is -2.57. The van der Waals surface area contributed by atoms with Crippen molar-refractivity contribution in [3.8, 4) is 23.0 Å². The van der Waals surface area contributed by atoms with Crippen molar-refractivity contribution < 1.29 is 45.1 Å². The first-order chi connectivity index (χ1) is 34.2. The van der Waals surface area contributed by atoms with Crippen LogP contribution in [0.15, 0.2) is 96.7 Å². The molecule has 0 aliphatic carbocycles. The number of rotatable bonds is 3. The SMILES string of the molecule is [2H]c1c([2H])c(C(C)(C)C)c([2H])c2c1Oc1cc(N(c3c([2H])c([2H])c(C(C)(C)C([2H])([2H])[2H])c([2H])c3[2H])c3c([2H])c([2H])c(C(C([2H])([2H])[2H])(C([2H])([2H])[2H])C([2H])([2H])[2H])c([2H])c3[2H])cc3c1B2c1c([2H])c(C(C)(C)C)c([2H])c([2H])c1O3. The maximum atomic E-state index is 9.69. The highest BCUT2D eigenvalue weighted by atomic mass is 16.5. The third kappa shape index (κ3) is 6.12. The second kappa shape index (κ2) is 11.6. The van der Waals surface area contributed by atoms with Crippen molar-refractivity contribution in [2.75, 3.05) is 4.90 Å². The van der Waals surface area contributed by atoms with Crippen molar-refractivity contribution in [3.05, 3.63) is 119 Å². The Morgan fingerprint density at radius 1 is 0.480 bits per heavy atom. The van der Waals surface area contributed by atoms with Crippen molar-refractivity contribution in [1.29, 1.82) is 0 Å². The maximum Gasteiger partial charge on any atom is 0.260 e. The molecule has 7 rings (SSSR count). The van der Waals surface area contributed by atoms with E-state index < -0.39 is 156 Å². The molecule has 3 nitrogen and oxygen atoms in total. The molecule has 0 amide bonds. The maximum absolute atomic E-state index is 9.69. The normalized spacial score (nSPS) is 22.4. The van der Waals surface area contributed by atoms with Gasteiger partial charge in [0.25, 0.3) is 6.71 Å². The lowest BCUT2D eigenvalue weighted by atomic mass is 9.34. The van der Waals surface area contributed by atoms with Crippen molar-refractivity contribution in [3.63, 3.8) is 0 Å². The molecule has 0 saturated heterocycles. The number of hydrogen-bond acceptors (Lipinski definition) is 3. The zero-order valence-corrected chi connectivity index (χ0v) is 29.0. The summed E-state index contributed by atoms with van der Waals surface area (Å²) in [6.07, 6.45) is 0. The predicted octanol–water partition coefficient (Wildman–Crippen LogP) is 11.1. The molecule has 0 aromatic heterocycles. The van der Waals surface area contributed by atoms with Gasteiger partial charge in [-0.3, -0.25) is 0 Å². The molecule has 2 aliphatic heterocycles. The van der Waals surface area contributed by atoms with Crippen LogP contribution in [0.25, 0.3) is 0 Å². The molecule has 0 atom stereocenters. The minimum absolute atomic E-state index is 0.0155. The molecule has 5 aromatic rings. The highest BCUT2D eigenvalue weighted by molar-refractivity contribution is 6.98. The van der Waals surface area contributed by atoms with Crippen LogP contribution >= 0.6 is 0 Å². The summed E-state index contributed by atoms with van der Waals surface area (Å²) in [5.74, 6) is -1.43. The number of ether oxygens (including phenoxy) is 2. The molecule has 2 heterocycles. The first kappa shape index (κ1) is 15.0. The van der Waals surface area contributed by atoms with Crippen LogP contribution in [0.1, 0.15) is 141 Å². The fourth-order valence-corrected chi connectivity index (χ4v) is 5.66. The van der Waals surface area contributed by atoms with Gasteiger partial charge in [-0.15, -0.1) is 0 Å². The summed E-state index contributed by atoms with van der Waals surface area (Å²) in [5.41, 5.74) is -12.6. The summed E-state index contributed by atoms with van der Waals surface area (Å²) in [6, 6.07) is -10.0. The molecule has 0 radical (unpaired) electrons. The summed E-state index contributed by atoms with van der Waals surface area (Å²) in [7, 11) is 0. The molecule has 50 heavy (non-hydrogen) atoms. The Morgan fingerprint density at radius 3 is 1.28 bits per heavy atom. The van der Waals surface area contributed by atoms with Crippen LogP contribution in [0.3, 0.4) is 0 Å². The van der Waals surface area contributed by atoms with Gasteiger partial charge in [0.05, 0.1) is 24.9 Å². The van der Waals surface area contributed by atoms with Crippen LogP contribution in [0.4, 0.5) is 17.1 Å². The standard InChI is InChI=1S/C46H52BNO2/c1-43(2,3)29-13-19-33(20-14-29)48(34-21-15-30(16-22-34)44(4,5)6)35-27-40-42-41(28-35)50-39-24-18-32(46(10,11)12)26-37(39)47(42)36-25-31(45(7,8)9)17-23-38(36)49-40/h13-28H,1-12H3/i1D3,2D3,3D3,4D3,13D,14D,15D,16D,17D,18D,19D,20D,21D,22D,23D,24D,25D,26D. The Bertz CT molecular complexity index is 3120. The van der Waals surface area contributed by atoms with E-state index in [0.717, 1.165) is 26.0 Å². The first-order valence-corrected chi connectivity index (χ1v) is 16.0. The predicted molar refractivity (Wildman–Crippen MR) is 214 cm³/mol. The Balaban J connectivity index is 1.73. The molecule has 0 saturated carbocycles. The van der Waals surface area contributed by atoms with Gasteiger partial charge < -0.3 is 14.4 Å². The quantitative estimate of drug-likeness (QED) is 0.173. The van der Waals surface area contributed by atoms with E-state index in [4.69, 9.17) is 28.7 Å². The molecule has 4 heteroatoms. The Hall–Kier alpha value is -4.44. The van der Waals surface area contributed by atoms with Gasteiger partial charge >= 0.3 is 0 Å². The molecule has 0 fully saturated rings. The number of fused-ring (bicyclic) bond motifs is 4. The van der Waals surface area contributed by atoms with Crippen molar-refractivity contribution in [2.24, 2.45) is 0 Å². The fourth-order valence-electron chi connectivity index (χ4n) is 5.66. The van der Waals surface area contributed by atoms with Gasteiger partial charge in [-0.25, -0.2) is 0 Å². The van der Waals surface area contributed by atoms with Gasteiger partial charge in [-0.1, -0.05) is 131 Å². The molecular formula is C46H52BNO2. The summed E-state index contributed by atoms with van der Waals surface area (Å²) >= 11 is 0. The van der Waals surface area contributed by atoms with Crippen LogP contribution in [0.2, 0.25) is 0 Å². The van der Waals surface area contributed by atoms with E-state index >= 15 is 0 Å². The zero-order chi connectivity index (χ0) is 58.1. The first-order valence-electron chi connectivity index (χ1n) is 29.0. The number of hydrogen-bond donors (Lipinski definition) is 0. The monoisotopic (exact) mass is 688 g/mol. The second-order valence-corrected chi connectivity index (χ2v) is 15.1. The molecule has 0 bridgehead atoms. The molecule has 0 N–H and O–H groups in total. The van der Waals surface area contributed by atoms with E-state index in [1.807, 2.05) is 0 Å². The molecule has 0 spiro atoms. The van der Waals surface area contributed by atoms with Gasteiger partial charge in [0.15, 0.2) is 0 Å². The lowest BCUT2D eigenvalue weighted by Gasteiger charge is -2.36. The molecular weight excluding hydrogens is 609 g/mol. The second-order valence-electron chi connectivity index (χ2n) is 15.1. The van der Waals surface area contributed by atoms with E-state index in [1.165, 1.54) is 0 Å². The number of benzene rings is 5. The molecule has 0 unspecified atom stereocenters. The van der Waals surface area contributed by atoms with Crippen LogP contribution in [0.5, 0.6) is 23.0 Å². The molecule has 256 valence electrons. The van der Waals surface area contributed by atoms with Crippen molar-refractivity contribution in [2.45, 2.75) is 104 Å². The average Bonchev–Trinajstić information content (AvgIpc) is 3.23. The van der Waals surface area contributed by atoms with Gasteiger partial charge in [0.1, 0.15) is 23.0 Å². The minimum Gasteiger partial charge on any atom is -0.458 e. The van der Waals surface area contributed by atoms with Gasteiger partial charge in [-0.05, 0) is 91.1 Å². The van der Waals surface area contributed by atoms with Crippen LogP contribution in [-0.2, 0) is 21.7 Å². The summed E-state index contributed by atoms with van der Waals surface area (Å²) in [4.78, 5) is 0.620. The molecule has 5 aromatic carbocycles. The lowest BCUT2D eigenvalue weighted by molar-refractivity contribution is 0.464. The zero-order valence-electron chi connectivity index (χ0n) is 55.0. The summed E-state index contributed by atoms with van der Waals surface area (Å²) in [6.45, 7) is -3.92. The van der Waals surface area contributed by atoms with E-state index in [1.54, 1.807) is 41.5 Å². The highest BCUT2D eigenvalue weighted by Crippen LogP contribution is 2.44. The van der Waals surface area contributed by atoms with E-state index in [0.29, 0.717) is 4.90 Å². The fraction of sp³-hybridized carbons (Fsp3) is 0.348. The van der Waals surface area contributed by atoms with Crippen LogP contribution in [-0.4, -0.2) is 6.71 Å². The van der Waals surface area contributed by atoms with E-state index in [9.17, 15) is 16.4 Å². The Morgan fingerprint density at radius 2 is 0.880 bits per heavy atom. The molecule has 2 aliphatic rings. The van der Waals surface area contributed by atoms with E-state index in [2.05, 4.69) is 0 Å². The Labute approximate surface area is 337 Å². The van der Waals surface area contributed by atoms with Gasteiger partial charge in [-0.2, -0.15) is 0 Å². The van der Waals surface area contributed by atoms with Gasteiger partial charge in [0.2, 0.25) is 0 Å². The van der Waals surface area contributed by atoms with Crippen molar-refractivity contribution >= 4 is 40.2 Å². The van der Waals surface area contributed by atoms with Crippen molar-refractivity contribution in [1.82, 2.24) is 0 Å². The smallest absolute Gasteiger partial charge is 0.260 e. The largest absolute Gasteiger partial charge is 0.458 e. The van der Waals surface area contributed by atoms with Crippen LogP contribution in [0, 0.1) is 0 Å². The average molecular weight is 688 g/mol. The minimum atomic E-state index is -4.10. The third-order valence-corrected chi connectivity index (χ3v) is 8.42.